The van der Waals surface area contributed by atoms with E-state index in [1.54, 1.807) is 7.11 Å². The Morgan fingerprint density at radius 2 is 2.07 bits per heavy atom. The number of likely N-dealkylation sites (tertiary alicyclic amines) is 1. The molecule has 0 radical (unpaired) electrons. The fraction of sp³-hybridized carbons (Fsp3) is 0.609. The van der Waals surface area contributed by atoms with E-state index in [1.807, 2.05) is 11.0 Å². The second kappa shape index (κ2) is 9.28. The Balaban J connectivity index is 1.96. The smallest absolute Gasteiger partial charge is 0.299 e. The number of piperidine rings is 1. The van der Waals surface area contributed by atoms with Crippen LogP contribution in [0.1, 0.15) is 62.6 Å². The lowest BCUT2D eigenvalue weighted by atomic mass is 9.85. The van der Waals surface area contributed by atoms with E-state index in [2.05, 4.69) is 29.9 Å². The fourth-order valence-corrected chi connectivity index (χ4v) is 4.60. The highest BCUT2D eigenvalue weighted by Gasteiger charge is 2.37. The Hall–Kier alpha value is -1.99. The van der Waals surface area contributed by atoms with Gasteiger partial charge >= 0.3 is 0 Å². The summed E-state index contributed by atoms with van der Waals surface area (Å²) < 4.78 is 5.45. The number of methoxy groups -OCH3 is 1. The summed E-state index contributed by atoms with van der Waals surface area (Å²) in [5.74, 6) is 3.12. The largest absolute Gasteiger partial charge is 0.497 e. The van der Waals surface area contributed by atoms with Gasteiger partial charge in [0, 0.05) is 12.6 Å². The van der Waals surface area contributed by atoms with Gasteiger partial charge < -0.3 is 14.5 Å². The summed E-state index contributed by atoms with van der Waals surface area (Å²) in [6.07, 6.45) is 13.4. The Morgan fingerprint density at radius 1 is 1.30 bits per heavy atom. The molecule has 0 saturated carbocycles. The minimum atomic E-state index is -0.167. The second-order valence-electron chi connectivity index (χ2n) is 7.80. The number of unbranched alkanes of at least 4 members (excludes halogenated alkanes) is 1. The first-order valence-corrected chi connectivity index (χ1v) is 10.4. The number of hydrogen-bond acceptors (Lipinski definition) is 3. The minimum absolute atomic E-state index is 0.0307. The molecule has 146 valence electrons. The first-order chi connectivity index (χ1) is 13.2. The number of terminal acetylenes is 1. The maximum absolute atomic E-state index is 12.8. The van der Waals surface area contributed by atoms with Crippen LogP contribution in [0.25, 0.3) is 0 Å². The highest BCUT2D eigenvalue weighted by molar-refractivity contribution is 5.93. The van der Waals surface area contributed by atoms with Crippen LogP contribution in [0.5, 0.6) is 5.75 Å². The average molecular weight is 369 g/mol. The van der Waals surface area contributed by atoms with Crippen LogP contribution in [-0.2, 0) is 11.2 Å². The molecule has 1 aromatic rings. The molecule has 4 nitrogen and oxygen atoms in total. The van der Waals surface area contributed by atoms with Crippen LogP contribution < -0.4 is 4.74 Å². The van der Waals surface area contributed by atoms with E-state index in [1.165, 1.54) is 30.4 Å². The van der Waals surface area contributed by atoms with E-state index in [0.29, 0.717) is 0 Å². The zero-order valence-electron chi connectivity index (χ0n) is 16.7. The van der Waals surface area contributed by atoms with Gasteiger partial charge in [-0.1, -0.05) is 32.3 Å². The zero-order valence-corrected chi connectivity index (χ0v) is 16.7. The van der Waals surface area contributed by atoms with Gasteiger partial charge in [-0.05, 0) is 68.0 Å². The summed E-state index contributed by atoms with van der Waals surface area (Å²) in [7, 11) is 1.71. The van der Waals surface area contributed by atoms with Crippen LogP contribution >= 0.6 is 0 Å². The molecule has 0 bridgehead atoms. The molecule has 27 heavy (non-hydrogen) atoms. The highest BCUT2D eigenvalue weighted by atomic mass is 16.5. The number of hydrogen-bond donors (Lipinski definition) is 0. The molecule has 2 atom stereocenters. The predicted octanol–water partition coefficient (Wildman–Crippen LogP) is 3.80. The van der Waals surface area contributed by atoms with E-state index in [-0.39, 0.29) is 18.0 Å². The summed E-state index contributed by atoms with van der Waals surface area (Å²) in [5.41, 5.74) is 2.54. The molecule has 0 unspecified atom stereocenters. The third-order valence-electron chi connectivity index (χ3n) is 6.02. The maximum Gasteiger partial charge on any atom is 0.299 e. The molecule has 1 aromatic carbocycles. The van der Waals surface area contributed by atoms with E-state index in [4.69, 9.17) is 11.2 Å². The minimum Gasteiger partial charge on any atom is -0.497 e. The Bertz CT molecular complexity index is 688. The van der Waals surface area contributed by atoms with Crippen molar-refractivity contribution in [2.24, 2.45) is 0 Å². The molecular weight excluding hydrogens is 336 g/mol. The van der Waals surface area contributed by atoms with Crippen molar-refractivity contribution in [2.75, 3.05) is 26.7 Å². The quantitative estimate of drug-likeness (QED) is 0.716. The summed E-state index contributed by atoms with van der Waals surface area (Å²) >= 11 is 0. The van der Waals surface area contributed by atoms with Crippen LogP contribution in [0.4, 0.5) is 0 Å². The maximum atomic E-state index is 12.8. The molecule has 0 aliphatic carbocycles. The Labute approximate surface area is 163 Å². The predicted molar refractivity (Wildman–Crippen MR) is 109 cm³/mol. The molecule has 1 fully saturated rings. The normalized spacial score (nSPS) is 22.8. The molecule has 4 heteroatoms. The fourth-order valence-electron chi connectivity index (χ4n) is 4.60. The Kier molecular flexibility index (Phi) is 6.79. The third kappa shape index (κ3) is 4.47. The molecule has 2 aliphatic heterocycles. The lowest BCUT2D eigenvalue weighted by Gasteiger charge is -2.45. The molecule has 0 aromatic heterocycles. The number of carbonyl (C=O) groups excluding carboxylic acids is 1. The van der Waals surface area contributed by atoms with Crippen molar-refractivity contribution in [3.05, 3.63) is 29.3 Å². The first kappa shape index (κ1) is 19.8. The van der Waals surface area contributed by atoms with Crippen molar-refractivity contribution in [1.82, 2.24) is 9.80 Å². The monoisotopic (exact) mass is 368 g/mol. The van der Waals surface area contributed by atoms with E-state index in [9.17, 15) is 4.79 Å². The number of benzene rings is 1. The number of nitrogens with zero attached hydrogens (tertiary/aromatic N) is 2. The molecular formula is C23H32N2O2. The van der Waals surface area contributed by atoms with Crippen LogP contribution in [0.3, 0.4) is 0 Å². The van der Waals surface area contributed by atoms with Gasteiger partial charge in [0.2, 0.25) is 0 Å². The first-order valence-electron chi connectivity index (χ1n) is 10.4. The third-order valence-corrected chi connectivity index (χ3v) is 6.02. The van der Waals surface area contributed by atoms with Crippen molar-refractivity contribution in [2.45, 2.75) is 64.0 Å². The van der Waals surface area contributed by atoms with Gasteiger partial charge in [-0.2, -0.15) is 0 Å². The van der Waals surface area contributed by atoms with Crippen LogP contribution in [0, 0.1) is 12.3 Å². The molecule has 1 saturated heterocycles. The molecule has 1 amide bonds. The summed E-state index contributed by atoms with van der Waals surface area (Å²) in [6, 6.07) is 6.49. The topological polar surface area (TPSA) is 32.8 Å². The molecule has 0 spiro atoms. The van der Waals surface area contributed by atoms with Crippen molar-refractivity contribution >= 4 is 5.91 Å². The highest BCUT2D eigenvalue weighted by Crippen LogP contribution is 2.37. The summed E-state index contributed by atoms with van der Waals surface area (Å²) in [6.45, 7) is 5.28. The molecule has 3 rings (SSSR count). The standard InChI is InChI=1S/C23H32N2O2/c1-4-6-10-19-15-18-16-20(27-3)11-12-21(18)22(25(19)23(26)5-2)17-24-13-8-7-9-14-24/h2,11-12,16,19,22H,4,6-10,13-15,17H2,1,3H3/t19-,22-/m0/s1. The van der Waals surface area contributed by atoms with Gasteiger partial charge in [0.25, 0.3) is 5.91 Å². The van der Waals surface area contributed by atoms with Gasteiger partial charge in [0.1, 0.15) is 5.75 Å². The number of fused-ring (bicyclic) bond motifs is 1. The molecule has 2 aliphatic rings. The average Bonchev–Trinajstić information content (AvgIpc) is 2.71. The molecule has 2 heterocycles. The SMILES string of the molecule is C#CC(=O)N1[C@@H](CCCC)Cc2cc(OC)ccc2[C@@H]1CN1CCCCC1. The van der Waals surface area contributed by atoms with Crippen molar-refractivity contribution < 1.29 is 9.53 Å². The van der Waals surface area contributed by atoms with Gasteiger partial charge in [0.05, 0.1) is 13.2 Å². The molecule has 0 N–H and O–H groups in total. The van der Waals surface area contributed by atoms with Crippen LogP contribution in [-0.4, -0.2) is 48.5 Å². The summed E-state index contributed by atoms with van der Waals surface area (Å²) in [4.78, 5) is 17.3. The summed E-state index contributed by atoms with van der Waals surface area (Å²) in [5, 5.41) is 0. The van der Waals surface area contributed by atoms with Crippen LogP contribution in [0.2, 0.25) is 0 Å². The number of amides is 1. The van der Waals surface area contributed by atoms with Gasteiger partial charge in [0.15, 0.2) is 0 Å². The number of ether oxygens (including phenoxy) is 1. The van der Waals surface area contributed by atoms with Gasteiger partial charge in [-0.15, -0.1) is 6.42 Å². The number of carbonyl (C=O) groups is 1. The van der Waals surface area contributed by atoms with Crippen molar-refractivity contribution in [3.8, 4) is 18.1 Å². The van der Waals surface area contributed by atoms with Gasteiger partial charge in [-0.3, -0.25) is 4.79 Å². The van der Waals surface area contributed by atoms with E-state index >= 15 is 0 Å². The van der Waals surface area contributed by atoms with Crippen LogP contribution in [0.15, 0.2) is 18.2 Å². The van der Waals surface area contributed by atoms with Crippen molar-refractivity contribution in [3.63, 3.8) is 0 Å². The van der Waals surface area contributed by atoms with E-state index < -0.39 is 0 Å². The van der Waals surface area contributed by atoms with E-state index in [0.717, 1.165) is 51.1 Å². The van der Waals surface area contributed by atoms with Gasteiger partial charge in [-0.25, -0.2) is 0 Å². The Morgan fingerprint density at radius 3 is 2.74 bits per heavy atom. The lowest BCUT2D eigenvalue weighted by molar-refractivity contribution is -0.131. The number of rotatable bonds is 6. The van der Waals surface area contributed by atoms with Crippen molar-refractivity contribution in [1.29, 1.82) is 0 Å². The lowest BCUT2D eigenvalue weighted by Crippen LogP contribution is -2.51. The zero-order chi connectivity index (χ0) is 19.2. The second-order valence-corrected chi connectivity index (χ2v) is 7.80.